The van der Waals surface area contributed by atoms with Crippen molar-refractivity contribution in [1.82, 2.24) is 0 Å². The highest BCUT2D eigenvalue weighted by Crippen LogP contribution is 2.15. The van der Waals surface area contributed by atoms with Crippen LogP contribution >= 0.6 is 11.3 Å². The quantitative estimate of drug-likeness (QED) is 0.436. The van der Waals surface area contributed by atoms with Gasteiger partial charge in [-0.05, 0) is 25.3 Å². The molecule has 1 rings (SSSR count). The Bertz CT molecular complexity index is 341. The van der Waals surface area contributed by atoms with Crippen molar-refractivity contribution in [3.63, 3.8) is 0 Å². The molecular formula is C12H16O3S. The van der Waals surface area contributed by atoms with Crippen molar-refractivity contribution in [2.45, 2.75) is 20.3 Å². The van der Waals surface area contributed by atoms with Crippen LogP contribution in [0.25, 0.3) is 0 Å². The fraction of sp³-hybridized carbons (Fsp3) is 0.417. The molecule has 0 fully saturated rings. The van der Waals surface area contributed by atoms with Gasteiger partial charge in [0, 0.05) is 11.3 Å². The number of esters is 1. The Hall–Kier alpha value is -1.29. The van der Waals surface area contributed by atoms with Gasteiger partial charge in [-0.1, -0.05) is 6.07 Å². The Morgan fingerprint density at radius 2 is 2.25 bits per heavy atom. The lowest BCUT2D eigenvalue weighted by atomic mass is 10.2. The summed E-state index contributed by atoms with van der Waals surface area (Å²) >= 11 is 1.62. The van der Waals surface area contributed by atoms with Crippen molar-refractivity contribution >= 4 is 17.3 Å². The fourth-order valence-electron chi connectivity index (χ4n) is 1.17. The summed E-state index contributed by atoms with van der Waals surface area (Å²) in [6.45, 7) is 4.60. The van der Waals surface area contributed by atoms with Crippen LogP contribution in [0.1, 0.15) is 18.7 Å². The van der Waals surface area contributed by atoms with Crippen LogP contribution in [-0.4, -0.2) is 19.2 Å². The lowest BCUT2D eigenvalue weighted by Gasteiger charge is -2.05. The van der Waals surface area contributed by atoms with Gasteiger partial charge in [-0.2, -0.15) is 0 Å². The van der Waals surface area contributed by atoms with Gasteiger partial charge in [-0.25, -0.2) is 4.79 Å². The van der Waals surface area contributed by atoms with Gasteiger partial charge in [0.15, 0.2) is 0 Å². The van der Waals surface area contributed by atoms with Gasteiger partial charge in [-0.3, -0.25) is 0 Å². The second-order valence-corrected chi connectivity index (χ2v) is 4.11. The smallest absolute Gasteiger partial charge is 0.337 e. The Labute approximate surface area is 99.7 Å². The average molecular weight is 240 g/mol. The molecule has 0 radical (unpaired) electrons. The Morgan fingerprint density at radius 3 is 2.81 bits per heavy atom. The van der Waals surface area contributed by atoms with Gasteiger partial charge >= 0.3 is 5.97 Å². The largest absolute Gasteiger partial charge is 0.501 e. The Balaban J connectivity index is 2.67. The molecule has 0 bridgehead atoms. The molecule has 0 aromatic carbocycles. The molecule has 0 saturated heterocycles. The number of carbonyl (C=O) groups is 1. The van der Waals surface area contributed by atoms with E-state index in [-0.39, 0.29) is 5.97 Å². The molecule has 0 amide bonds. The van der Waals surface area contributed by atoms with Crippen molar-refractivity contribution < 1.29 is 14.3 Å². The summed E-state index contributed by atoms with van der Waals surface area (Å²) in [7, 11) is 0. The normalized spacial score (nSPS) is 11.2. The number of thiophene rings is 1. The summed E-state index contributed by atoms with van der Waals surface area (Å²) < 4.78 is 10.1. The third kappa shape index (κ3) is 4.06. The van der Waals surface area contributed by atoms with Gasteiger partial charge in [0.1, 0.15) is 0 Å². The predicted octanol–water partition coefficient (Wildman–Crippen LogP) is 2.77. The zero-order valence-corrected chi connectivity index (χ0v) is 10.4. The van der Waals surface area contributed by atoms with Crippen LogP contribution in [0.5, 0.6) is 0 Å². The van der Waals surface area contributed by atoms with Crippen LogP contribution in [0.2, 0.25) is 0 Å². The minimum atomic E-state index is -0.302. The highest BCUT2D eigenvalue weighted by molar-refractivity contribution is 7.09. The second kappa shape index (κ2) is 7.06. The highest BCUT2D eigenvalue weighted by Gasteiger charge is 2.12. The molecule has 0 saturated carbocycles. The molecule has 16 heavy (non-hydrogen) atoms. The van der Waals surface area contributed by atoms with Gasteiger partial charge in [0.25, 0.3) is 0 Å². The van der Waals surface area contributed by atoms with E-state index in [0.29, 0.717) is 25.2 Å². The minimum absolute atomic E-state index is 0.302. The van der Waals surface area contributed by atoms with E-state index in [2.05, 4.69) is 0 Å². The standard InChI is InChI=1S/C12H16O3S/c1-3-14-9-10(12(13)15-4-2)8-11-6-5-7-16-11/h5-7,9H,3-4,8H2,1-2H3/b10-9+. The molecule has 0 aliphatic rings. The Kier molecular flexibility index (Phi) is 5.64. The maximum Gasteiger partial charge on any atom is 0.337 e. The third-order valence-corrected chi connectivity index (χ3v) is 2.75. The van der Waals surface area contributed by atoms with Crippen molar-refractivity contribution in [2.24, 2.45) is 0 Å². The first-order valence-electron chi connectivity index (χ1n) is 5.28. The predicted molar refractivity (Wildman–Crippen MR) is 64.4 cm³/mol. The minimum Gasteiger partial charge on any atom is -0.501 e. The monoisotopic (exact) mass is 240 g/mol. The van der Waals surface area contributed by atoms with Crippen LogP contribution < -0.4 is 0 Å². The van der Waals surface area contributed by atoms with E-state index in [1.54, 1.807) is 18.3 Å². The van der Waals surface area contributed by atoms with E-state index >= 15 is 0 Å². The van der Waals surface area contributed by atoms with Crippen LogP contribution in [0.15, 0.2) is 29.3 Å². The third-order valence-electron chi connectivity index (χ3n) is 1.87. The van der Waals surface area contributed by atoms with Crippen LogP contribution in [0.4, 0.5) is 0 Å². The van der Waals surface area contributed by atoms with E-state index in [4.69, 9.17) is 9.47 Å². The molecule has 88 valence electrons. The van der Waals surface area contributed by atoms with E-state index in [1.807, 2.05) is 24.4 Å². The first kappa shape index (κ1) is 12.8. The zero-order valence-electron chi connectivity index (χ0n) is 9.56. The maximum absolute atomic E-state index is 11.6. The summed E-state index contributed by atoms with van der Waals surface area (Å²) in [6.07, 6.45) is 2.06. The van der Waals surface area contributed by atoms with Crippen molar-refractivity contribution in [1.29, 1.82) is 0 Å². The highest BCUT2D eigenvalue weighted by atomic mass is 32.1. The lowest BCUT2D eigenvalue weighted by Crippen LogP contribution is -2.10. The number of carbonyl (C=O) groups excluding carboxylic acids is 1. The summed E-state index contributed by atoms with van der Waals surface area (Å²) in [5, 5.41) is 1.98. The summed E-state index contributed by atoms with van der Waals surface area (Å²) in [5.41, 5.74) is 0.561. The lowest BCUT2D eigenvalue weighted by molar-refractivity contribution is -0.138. The molecule has 0 spiro atoms. The van der Waals surface area contributed by atoms with Crippen LogP contribution in [0.3, 0.4) is 0 Å². The average Bonchev–Trinajstić information content (AvgIpc) is 2.77. The van der Waals surface area contributed by atoms with Gasteiger partial charge in [0.05, 0.1) is 25.0 Å². The molecule has 0 aliphatic heterocycles. The van der Waals surface area contributed by atoms with E-state index in [1.165, 1.54) is 6.26 Å². The summed E-state index contributed by atoms with van der Waals surface area (Å²) in [4.78, 5) is 12.7. The Morgan fingerprint density at radius 1 is 1.44 bits per heavy atom. The molecule has 1 aromatic heterocycles. The maximum atomic E-state index is 11.6. The van der Waals surface area contributed by atoms with Crippen molar-refractivity contribution in [3.05, 3.63) is 34.2 Å². The topological polar surface area (TPSA) is 35.5 Å². The van der Waals surface area contributed by atoms with Crippen molar-refractivity contribution in [2.75, 3.05) is 13.2 Å². The first-order valence-corrected chi connectivity index (χ1v) is 6.16. The van der Waals surface area contributed by atoms with Crippen LogP contribution in [-0.2, 0) is 20.7 Å². The number of rotatable bonds is 6. The fourth-order valence-corrected chi connectivity index (χ4v) is 1.90. The molecule has 4 heteroatoms. The summed E-state index contributed by atoms with van der Waals surface area (Å²) in [6, 6.07) is 3.95. The number of ether oxygens (including phenoxy) is 2. The van der Waals surface area contributed by atoms with E-state index < -0.39 is 0 Å². The van der Waals surface area contributed by atoms with Crippen LogP contribution in [0, 0.1) is 0 Å². The van der Waals surface area contributed by atoms with E-state index in [0.717, 1.165) is 4.88 Å². The summed E-state index contributed by atoms with van der Waals surface area (Å²) in [5.74, 6) is -0.302. The molecule has 0 unspecified atom stereocenters. The molecule has 0 N–H and O–H groups in total. The molecule has 1 heterocycles. The van der Waals surface area contributed by atoms with Crippen molar-refractivity contribution in [3.8, 4) is 0 Å². The number of hydrogen-bond donors (Lipinski definition) is 0. The molecule has 1 aromatic rings. The second-order valence-electron chi connectivity index (χ2n) is 3.08. The molecular weight excluding hydrogens is 224 g/mol. The molecule has 3 nitrogen and oxygen atoms in total. The number of hydrogen-bond acceptors (Lipinski definition) is 4. The molecule has 0 aliphatic carbocycles. The zero-order chi connectivity index (χ0) is 11.8. The van der Waals surface area contributed by atoms with Gasteiger partial charge in [0.2, 0.25) is 0 Å². The van der Waals surface area contributed by atoms with E-state index in [9.17, 15) is 4.79 Å². The van der Waals surface area contributed by atoms with Gasteiger partial charge in [-0.15, -0.1) is 11.3 Å². The van der Waals surface area contributed by atoms with Gasteiger partial charge < -0.3 is 9.47 Å². The first-order chi connectivity index (χ1) is 7.77. The molecule has 0 atom stereocenters. The SMILES string of the molecule is CCO/C=C(\Cc1cccs1)C(=O)OCC.